The molecule has 0 aromatic heterocycles. The number of hydrogen-bond donors (Lipinski definition) is 2. The van der Waals surface area contributed by atoms with Gasteiger partial charge in [-0.15, -0.1) is 0 Å². The Morgan fingerprint density at radius 3 is 2.76 bits per heavy atom. The molecule has 1 aromatic carbocycles. The maximum absolute atomic E-state index is 11.4. The molecule has 0 saturated carbocycles. The van der Waals surface area contributed by atoms with Gasteiger partial charge in [0, 0.05) is 5.75 Å². The lowest BCUT2D eigenvalue weighted by Gasteiger charge is -2.14. The zero-order valence-corrected chi connectivity index (χ0v) is 10.6. The zero-order chi connectivity index (χ0) is 12.5. The molecule has 17 heavy (non-hydrogen) atoms. The lowest BCUT2D eigenvalue weighted by atomic mass is 10.2. The van der Waals surface area contributed by atoms with Gasteiger partial charge in [0.1, 0.15) is 6.61 Å². The molecule has 0 fully saturated rings. The van der Waals surface area contributed by atoms with E-state index in [9.17, 15) is 4.79 Å². The predicted molar refractivity (Wildman–Crippen MR) is 69.0 cm³/mol. The minimum Gasteiger partial charge on any atom is -0.445 e. The van der Waals surface area contributed by atoms with Gasteiger partial charge >= 0.3 is 6.09 Å². The molecule has 5 heteroatoms. The number of carbonyl (C=O) groups is 1. The van der Waals surface area contributed by atoms with E-state index >= 15 is 0 Å². The van der Waals surface area contributed by atoms with Crippen molar-refractivity contribution in [1.29, 1.82) is 0 Å². The third-order valence-electron chi connectivity index (χ3n) is 2.12. The van der Waals surface area contributed by atoms with Crippen molar-refractivity contribution in [3.05, 3.63) is 35.9 Å². The minimum atomic E-state index is -0.498. The van der Waals surface area contributed by atoms with Crippen molar-refractivity contribution in [3.8, 4) is 0 Å². The minimum absolute atomic E-state index is 0.0821. The van der Waals surface area contributed by atoms with Crippen molar-refractivity contribution in [3.63, 3.8) is 0 Å². The molecule has 0 bridgehead atoms. The fourth-order valence-corrected chi connectivity index (χ4v) is 1.86. The standard InChI is InChI=1S/C12H17NO3S/c1-17-9-11(7-14)13-12(15)16-8-10-5-3-2-4-6-10/h2-6,11,14H,7-9H2,1H3,(H,13,15)/t11-/m1/s1. The Balaban J connectivity index is 2.30. The molecule has 0 spiro atoms. The molecule has 0 aliphatic heterocycles. The first-order valence-electron chi connectivity index (χ1n) is 5.33. The number of carbonyl (C=O) groups excluding carboxylic acids is 1. The van der Waals surface area contributed by atoms with Crippen LogP contribution in [0.3, 0.4) is 0 Å². The SMILES string of the molecule is CSC[C@@H](CO)NC(=O)OCc1ccccc1. The van der Waals surface area contributed by atoms with Crippen LogP contribution in [0.5, 0.6) is 0 Å². The summed E-state index contributed by atoms with van der Waals surface area (Å²) >= 11 is 1.56. The highest BCUT2D eigenvalue weighted by atomic mass is 32.2. The summed E-state index contributed by atoms with van der Waals surface area (Å²) < 4.78 is 5.04. The van der Waals surface area contributed by atoms with Crippen LogP contribution < -0.4 is 5.32 Å². The van der Waals surface area contributed by atoms with Crippen LogP contribution in [0.4, 0.5) is 4.79 Å². The molecule has 1 rings (SSSR count). The second-order valence-corrected chi connectivity index (χ2v) is 4.45. The number of nitrogens with one attached hydrogen (secondary N) is 1. The van der Waals surface area contributed by atoms with Crippen molar-refractivity contribution in [2.75, 3.05) is 18.6 Å². The molecular formula is C12H17NO3S. The summed E-state index contributed by atoms with van der Waals surface area (Å²) in [6, 6.07) is 9.21. The number of thioether (sulfide) groups is 1. The van der Waals surface area contributed by atoms with Crippen molar-refractivity contribution in [2.24, 2.45) is 0 Å². The topological polar surface area (TPSA) is 58.6 Å². The summed E-state index contributed by atoms with van der Waals surface area (Å²) in [5, 5.41) is 11.6. The summed E-state index contributed by atoms with van der Waals surface area (Å²) in [4.78, 5) is 11.4. The second-order valence-electron chi connectivity index (χ2n) is 3.54. The monoisotopic (exact) mass is 255 g/mol. The molecule has 0 radical (unpaired) electrons. The summed E-state index contributed by atoms with van der Waals surface area (Å²) in [6.45, 7) is 0.158. The molecular weight excluding hydrogens is 238 g/mol. The van der Waals surface area contributed by atoms with E-state index in [1.165, 1.54) is 0 Å². The van der Waals surface area contributed by atoms with E-state index in [1.54, 1.807) is 11.8 Å². The van der Waals surface area contributed by atoms with E-state index in [1.807, 2.05) is 36.6 Å². The fourth-order valence-electron chi connectivity index (χ4n) is 1.27. The van der Waals surface area contributed by atoms with Gasteiger partial charge in [0.25, 0.3) is 0 Å². The number of amides is 1. The Hall–Kier alpha value is -1.20. The van der Waals surface area contributed by atoms with Crippen LogP contribution in [-0.2, 0) is 11.3 Å². The normalized spacial score (nSPS) is 11.9. The Bertz CT molecular complexity index is 332. The average molecular weight is 255 g/mol. The lowest BCUT2D eigenvalue weighted by molar-refractivity contribution is 0.131. The van der Waals surface area contributed by atoms with Gasteiger partial charge in [-0.1, -0.05) is 30.3 Å². The van der Waals surface area contributed by atoms with E-state index in [0.29, 0.717) is 5.75 Å². The average Bonchev–Trinajstić information content (AvgIpc) is 2.37. The van der Waals surface area contributed by atoms with Gasteiger partial charge < -0.3 is 15.2 Å². The number of rotatable bonds is 6. The summed E-state index contributed by atoms with van der Waals surface area (Å²) in [5.74, 6) is 0.664. The first-order valence-corrected chi connectivity index (χ1v) is 6.72. The van der Waals surface area contributed by atoms with Gasteiger partial charge in [0.2, 0.25) is 0 Å². The van der Waals surface area contributed by atoms with E-state index in [-0.39, 0.29) is 19.3 Å². The molecule has 2 N–H and O–H groups in total. The van der Waals surface area contributed by atoms with Gasteiger partial charge in [0.15, 0.2) is 0 Å². The van der Waals surface area contributed by atoms with Crippen molar-refractivity contribution >= 4 is 17.9 Å². The molecule has 0 heterocycles. The highest BCUT2D eigenvalue weighted by molar-refractivity contribution is 7.98. The molecule has 1 aromatic rings. The Morgan fingerprint density at radius 1 is 1.47 bits per heavy atom. The molecule has 0 aliphatic rings. The molecule has 94 valence electrons. The molecule has 1 atom stereocenters. The van der Waals surface area contributed by atoms with Crippen LogP contribution in [0.1, 0.15) is 5.56 Å². The summed E-state index contributed by atoms with van der Waals surface area (Å²) in [5.41, 5.74) is 0.938. The number of aliphatic hydroxyl groups is 1. The second kappa shape index (κ2) is 7.97. The Kier molecular flexibility index (Phi) is 6.50. The molecule has 4 nitrogen and oxygen atoms in total. The fraction of sp³-hybridized carbons (Fsp3) is 0.417. The molecule has 1 amide bonds. The van der Waals surface area contributed by atoms with Crippen molar-refractivity contribution in [1.82, 2.24) is 5.32 Å². The van der Waals surface area contributed by atoms with Crippen LogP contribution in [0, 0.1) is 0 Å². The smallest absolute Gasteiger partial charge is 0.407 e. The summed E-state index contributed by atoms with van der Waals surface area (Å²) in [6.07, 6.45) is 1.42. The van der Waals surface area contributed by atoms with Crippen molar-refractivity contribution < 1.29 is 14.6 Å². The van der Waals surface area contributed by atoms with Crippen LogP contribution in [0.2, 0.25) is 0 Å². The van der Waals surface area contributed by atoms with Gasteiger partial charge in [-0.2, -0.15) is 11.8 Å². The van der Waals surface area contributed by atoms with Crippen LogP contribution in [0.25, 0.3) is 0 Å². The van der Waals surface area contributed by atoms with Gasteiger partial charge in [0.05, 0.1) is 12.6 Å². The van der Waals surface area contributed by atoms with E-state index in [4.69, 9.17) is 9.84 Å². The molecule has 0 saturated heterocycles. The maximum Gasteiger partial charge on any atom is 0.407 e. The van der Waals surface area contributed by atoms with E-state index in [2.05, 4.69) is 5.32 Å². The van der Waals surface area contributed by atoms with E-state index in [0.717, 1.165) is 5.56 Å². The number of hydrogen-bond acceptors (Lipinski definition) is 4. The Morgan fingerprint density at radius 2 is 2.18 bits per heavy atom. The van der Waals surface area contributed by atoms with Crippen LogP contribution in [-0.4, -0.2) is 35.9 Å². The predicted octanol–water partition coefficient (Wildman–Crippen LogP) is 1.64. The van der Waals surface area contributed by atoms with Crippen molar-refractivity contribution in [2.45, 2.75) is 12.6 Å². The number of benzene rings is 1. The number of alkyl carbamates (subject to hydrolysis) is 1. The molecule has 0 unspecified atom stereocenters. The first kappa shape index (κ1) is 13.9. The largest absolute Gasteiger partial charge is 0.445 e. The maximum atomic E-state index is 11.4. The highest BCUT2D eigenvalue weighted by Gasteiger charge is 2.11. The quantitative estimate of drug-likeness (QED) is 0.811. The first-order chi connectivity index (χ1) is 8.26. The zero-order valence-electron chi connectivity index (χ0n) is 9.76. The third kappa shape index (κ3) is 5.60. The van der Waals surface area contributed by atoms with Gasteiger partial charge in [-0.25, -0.2) is 4.79 Å². The molecule has 0 aliphatic carbocycles. The van der Waals surface area contributed by atoms with Gasteiger partial charge in [-0.05, 0) is 11.8 Å². The van der Waals surface area contributed by atoms with E-state index < -0.39 is 6.09 Å². The highest BCUT2D eigenvalue weighted by Crippen LogP contribution is 2.01. The van der Waals surface area contributed by atoms with Crippen LogP contribution >= 0.6 is 11.8 Å². The Labute approximate surface area is 105 Å². The summed E-state index contributed by atoms with van der Waals surface area (Å²) in [7, 11) is 0. The lowest BCUT2D eigenvalue weighted by Crippen LogP contribution is -2.39. The number of aliphatic hydroxyl groups excluding tert-OH is 1. The van der Waals surface area contributed by atoms with Gasteiger partial charge in [-0.3, -0.25) is 0 Å². The number of ether oxygens (including phenoxy) is 1. The third-order valence-corrected chi connectivity index (χ3v) is 2.86. The van der Waals surface area contributed by atoms with Crippen LogP contribution in [0.15, 0.2) is 30.3 Å².